The number of phosphoric acid groups is 2. The number of allylic oxidation sites excluding steroid dienone is 34. The Hall–Kier alpha value is -6.36. The average molecular weight is 1570 g/mol. The molecule has 0 heterocycles. The Bertz CT molecular complexity index is 2900. The summed E-state index contributed by atoms with van der Waals surface area (Å²) in [5, 5.41) is 10.7. The van der Waals surface area contributed by atoms with E-state index in [0.29, 0.717) is 38.5 Å². The van der Waals surface area contributed by atoms with Crippen molar-refractivity contribution in [3.63, 3.8) is 0 Å². The lowest BCUT2D eigenvalue weighted by Crippen LogP contribution is -2.30. The van der Waals surface area contributed by atoms with Gasteiger partial charge in [-0.3, -0.25) is 37.3 Å². The highest BCUT2D eigenvalue weighted by atomic mass is 31.2. The number of rotatable bonds is 75. The number of carbonyl (C=O) groups excluding carboxylic acids is 4. The summed E-state index contributed by atoms with van der Waals surface area (Å²) in [6.07, 6.45) is 101. The number of carbonyl (C=O) groups is 4. The molecule has 620 valence electrons. The molecule has 5 atom stereocenters. The van der Waals surface area contributed by atoms with Crippen molar-refractivity contribution >= 4 is 39.5 Å². The molecule has 0 aliphatic rings. The maximum atomic E-state index is 13.1. The number of unbranched alkanes of at least 4 members (excludes halogenated alkanes) is 15. The van der Waals surface area contributed by atoms with Crippen LogP contribution in [0, 0.1) is 0 Å². The van der Waals surface area contributed by atoms with E-state index in [-0.39, 0.29) is 25.7 Å². The molecule has 3 N–H and O–H groups in total. The number of phosphoric ester groups is 2. The minimum absolute atomic E-state index is 0.0229. The molecule has 19 heteroatoms. The maximum Gasteiger partial charge on any atom is 0.472 e. The second kappa shape index (κ2) is 80.7. The smallest absolute Gasteiger partial charge is 0.462 e. The van der Waals surface area contributed by atoms with Crippen LogP contribution >= 0.6 is 15.6 Å². The third-order valence-corrected chi connectivity index (χ3v) is 18.2. The van der Waals surface area contributed by atoms with E-state index in [9.17, 15) is 43.2 Å². The second-order valence-corrected chi connectivity index (χ2v) is 29.5. The van der Waals surface area contributed by atoms with Gasteiger partial charge in [0.25, 0.3) is 0 Å². The second-order valence-electron chi connectivity index (χ2n) is 26.6. The zero-order valence-corrected chi connectivity index (χ0v) is 69.6. The molecule has 0 bridgehead atoms. The van der Waals surface area contributed by atoms with Gasteiger partial charge in [0.2, 0.25) is 0 Å². The maximum absolute atomic E-state index is 13.1. The van der Waals surface area contributed by atoms with Gasteiger partial charge in [0.15, 0.2) is 12.2 Å². The van der Waals surface area contributed by atoms with Crippen molar-refractivity contribution in [2.75, 3.05) is 39.6 Å². The normalized spacial score (nSPS) is 14.9. The number of ether oxygens (including phenoxy) is 4. The summed E-state index contributed by atoms with van der Waals surface area (Å²) < 4.78 is 68.5. The van der Waals surface area contributed by atoms with Crippen molar-refractivity contribution in [1.29, 1.82) is 0 Å². The molecule has 0 amide bonds. The molecule has 0 fully saturated rings. The Kier molecular flexibility index (Phi) is 76.0. The van der Waals surface area contributed by atoms with Crippen LogP contribution in [0.4, 0.5) is 0 Å². The Morgan fingerprint density at radius 3 is 0.773 bits per heavy atom. The molecule has 0 radical (unpaired) electrons. The predicted molar refractivity (Wildman–Crippen MR) is 454 cm³/mol. The van der Waals surface area contributed by atoms with Crippen LogP contribution in [0.25, 0.3) is 0 Å². The Labute approximate surface area is 665 Å². The third kappa shape index (κ3) is 79.7. The molecule has 0 aromatic heterocycles. The first kappa shape index (κ1) is 104. The zero-order valence-electron chi connectivity index (χ0n) is 67.8. The first-order valence-electron chi connectivity index (χ1n) is 41.3. The van der Waals surface area contributed by atoms with Crippen molar-refractivity contribution in [1.82, 2.24) is 0 Å². The molecular formula is C91H144O17P2. The summed E-state index contributed by atoms with van der Waals surface area (Å²) in [5.41, 5.74) is 0. The van der Waals surface area contributed by atoms with Crippen LogP contribution in [0.2, 0.25) is 0 Å². The molecule has 5 unspecified atom stereocenters. The Morgan fingerprint density at radius 1 is 0.264 bits per heavy atom. The highest BCUT2D eigenvalue weighted by molar-refractivity contribution is 7.47. The molecule has 0 aromatic carbocycles. The number of hydrogen-bond acceptors (Lipinski definition) is 15. The molecule has 0 saturated carbocycles. The van der Waals surface area contributed by atoms with E-state index in [0.717, 1.165) is 167 Å². The van der Waals surface area contributed by atoms with Crippen LogP contribution < -0.4 is 0 Å². The molecule has 0 aliphatic carbocycles. The highest BCUT2D eigenvalue weighted by Crippen LogP contribution is 2.45. The van der Waals surface area contributed by atoms with Crippen LogP contribution in [-0.4, -0.2) is 96.7 Å². The average Bonchev–Trinajstić information content (AvgIpc) is 0.942. The van der Waals surface area contributed by atoms with Gasteiger partial charge in [-0.1, -0.05) is 298 Å². The fraction of sp³-hybridized carbons (Fsp3) is 0.582. The first-order valence-corrected chi connectivity index (χ1v) is 44.3. The molecule has 0 spiro atoms. The minimum Gasteiger partial charge on any atom is -0.462 e. The topological polar surface area (TPSA) is 237 Å². The van der Waals surface area contributed by atoms with Gasteiger partial charge in [0.1, 0.15) is 19.3 Å². The van der Waals surface area contributed by atoms with E-state index in [1.54, 1.807) is 0 Å². The predicted octanol–water partition coefficient (Wildman–Crippen LogP) is 24.7. The number of aliphatic hydroxyl groups excluding tert-OH is 1. The van der Waals surface area contributed by atoms with Crippen LogP contribution in [0.3, 0.4) is 0 Å². The SMILES string of the molecule is CC/C=C\C/C=C\C/C=C\C/C=C\C/C=C\C/C=C\CCC(=O)OCC(COP(=O)(O)OCC(O)COP(=O)(O)OCC(COC(=O)CC/C=C\C/C=C\C/C=C\C/C=C\C/C=C\C/C=C\CC)OC(=O)CCCCCCCC/C=C\C/C=C\C/C=C\C/C=C\CC)OC(=O)CCCCCCC/C=C\CCCCCC. The van der Waals surface area contributed by atoms with Crippen molar-refractivity contribution in [3.05, 3.63) is 207 Å². The van der Waals surface area contributed by atoms with E-state index in [1.165, 1.54) is 25.7 Å². The summed E-state index contributed by atoms with van der Waals surface area (Å²) in [7, 11) is -10.0. The molecule has 0 aromatic rings. The van der Waals surface area contributed by atoms with Gasteiger partial charge in [-0.25, -0.2) is 9.13 Å². The van der Waals surface area contributed by atoms with E-state index in [2.05, 4.69) is 198 Å². The zero-order chi connectivity index (χ0) is 80.3. The summed E-state index contributed by atoms with van der Waals surface area (Å²) in [6, 6.07) is 0. The number of esters is 4. The largest absolute Gasteiger partial charge is 0.472 e. The lowest BCUT2D eigenvalue weighted by atomic mass is 10.1. The lowest BCUT2D eigenvalue weighted by Gasteiger charge is -2.21. The van der Waals surface area contributed by atoms with Crippen molar-refractivity contribution < 1.29 is 80.2 Å². The van der Waals surface area contributed by atoms with E-state index < -0.39 is 97.5 Å². The van der Waals surface area contributed by atoms with Gasteiger partial charge < -0.3 is 33.8 Å². The summed E-state index contributed by atoms with van der Waals surface area (Å²) in [4.78, 5) is 73.1. The van der Waals surface area contributed by atoms with Gasteiger partial charge >= 0.3 is 39.5 Å². The van der Waals surface area contributed by atoms with E-state index in [4.69, 9.17) is 37.0 Å². The van der Waals surface area contributed by atoms with Gasteiger partial charge in [0.05, 0.1) is 26.4 Å². The van der Waals surface area contributed by atoms with Gasteiger partial charge in [-0.15, -0.1) is 0 Å². The molecule has 0 aliphatic heterocycles. The first-order chi connectivity index (χ1) is 53.7. The van der Waals surface area contributed by atoms with Crippen LogP contribution in [-0.2, 0) is 65.4 Å². The molecule has 0 saturated heterocycles. The fourth-order valence-electron chi connectivity index (χ4n) is 10.1. The standard InChI is InChI=1S/C91H144O17P2/c1-5-9-13-17-21-25-29-33-36-39-42-45-48-52-55-59-63-67-71-75-88(93)101-81-86(107-90(95)77-73-69-65-61-57-51-32-28-24-20-16-12-8-4)83-105-109(97,98)103-79-85(92)80-104-110(99,100)106-84-87(108-91(96)78-74-70-66-62-58-54-50-47-44-41-38-35-31-27-23-19-15-11-7-3)82-102-89(94)76-72-68-64-60-56-53-49-46-43-40-37-34-30-26-22-18-14-10-6-2/h9-11,13-15,21-23,25-28,32-38,42-47,52-53,55-56,63-64,67-68,85-87,92H,5-8,12,16-20,24,29-31,39-41,48-51,54,57-62,65-66,69-84H2,1-4H3,(H,97,98)(H,99,100)/b13-9-,14-10-,15-11-,25-21-,26-22-,27-23-,32-28-,36-33-,37-34-,38-35-,45-42-,46-43-,47-44-,55-52-,56-53-,67-63-,68-64-. The van der Waals surface area contributed by atoms with Crippen LogP contribution in [0.1, 0.15) is 285 Å². The molecule has 0 rings (SSSR count). The van der Waals surface area contributed by atoms with Gasteiger partial charge in [0, 0.05) is 25.7 Å². The lowest BCUT2D eigenvalue weighted by molar-refractivity contribution is -0.161. The van der Waals surface area contributed by atoms with Crippen molar-refractivity contribution in [2.24, 2.45) is 0 Å². The van der Waals surface area contributed by atoms with Crippen LogP contribution in [0.5, 0.6) is 0 Å². The summed E-state index contributed by atoms with van der Waals surface area (Å²) >= 11 is 0. The van der Waals surface area contributed by atoms with E-state index in [1.807, 2.05) is 36.5 Å². The van der Waals surface area contributed by atoms with Gasteiger partial charge in [-0.2, -0.15) is 0 Å². The van der Waals surface area contributed by atoms with Gasteiger partial charge in [-0.05, 0) is 167 Å². The summed E-state index contributed by atoms with van der Waals surface area (Å²) in [5.74, 6) is -2.42. The van der Waals surface area contributed by atoms with Crippen molar-refractivity contribution in [3.8, 4) is 0 Å². The molecule has 110 heavy (non-hydrogen) atoms. The van der Waals surface area contributed by atoms with Crippen molar-refractivity contribution in [2.45, 2.75) is 303 Å². The number of aliphatic hydroxyl groups is 1. The minimum atomic E-state index is -5.02. The molecule has 17 nitrogen and oxygen atoms in total. The van der Waals surface area contributed by atoms with Crippen LogP contribution in [0.15, 0.2) is 207 Å². The Morgan fingerprint density at radius 2 is 0.491 bits per heavy atom. The summed E-state index contributed by atoms with van der Waals surface area (Å²) in [6.45, 7) is 4.30. The monoisotopic (exact) mass is 1570 g/mol. The third-order valence-electron chi connectivity index (χ3n) is 16.3. The quantitative estimate of drug-likeness (QED) is 0.0169. The van der Waals surface area contributed by atoms with E-state index >= 15 is 0 Å². The fourth-order valence-corrected chi connectivity index (χ4v) is 11.7. The molecular weight excluding hydrogens is 1430 g/mol. The Balaban J connectivity index is 5.53. The highest BCUT2D eigenvalue weighted by Gasteiger charge is 2.30. The number of hydrogen-bond donors (Lipinski definition) is 3.